The molecule has 1 aliphatic heterocycles. The van der Waals surface area contributed by atoms with Crippen LogP contribution in [0.5, 0.6) is 5.75 Å². The van der Waals surface area contributed by atoms with Gasteiger partial charge < -0.3 is 21.1 Å². The molecule has 2 aromatic heterocycles. The lowest BCUT2D eigenvalue weighted by Crippen LogP contribution is -2.21. The molecular weight excluding hydrogens is 382 g/mol. The molecule has 0 aliphatic carbocycles. The average Bonchev–Trinajstić information content (AvgIpc) is 3.44. The number of amides is 1. The first-order chi connectivity index (χ1) is 14.6. The van der Waals surface area contributed by atoms with E-state index in [1.807, 2.05) is 24.3 Å². The van der Waals surface area contributed by atoms with E-state index in [0.29, 0.717) is 18.1 Å². The van der Waals surface area contributed by atoms with E-state index in [9.17, 15) is 4.79 Å². The molecule has 3 aromatic rings. The largest absolute Gasteiger partial charge is 0.494 e. The summed E-state index contributed by atoms with van der Waals surface area (Å²) in [6.45, 7) is 4.21. The topological polar surface area (TPSA) is 125 Å². The highest BCUT2D eigenvalue weighted by atomic mass is 16.5. The van der Waals surface area contributed by atoms with Crippen LogP contribution in [0.1, 0.15) is 29.6 Å². The van der Waals surface area contributed by atoms with Crippen LogP contribution in [0.3, 0.4) is 0 Å². The highest BCUT2D eigenvalue weighted by Gasteiger charge is 2.13. The van der Waals surface area contributed by atoms with E-state index in [1.165, 1.54) is 43.0 Å². The maximum atomic E-state index is 11.3. The zero-order valence-electron chi connectivity index (χ0n) is 16.7. The third-order valence-corrected chi connectivity index (χ3v) is 5.10. The molecule has 0 bridgehead atoms. The van der Waals surface area contributed by atoms with Gasteiger partial charge in [0.15, 0.2) is 11.6 Å². The van der Waals surface area contributed by atoms with Crippen molar-refractivity contribution < 1.29 is 9.53 Å². The van der Waals surface area contributed by atoms with Crippen LogP contribution in [-0.4, -0.2) is 56.8 Å². The molecule has 0 atom stereocenters. The molecule has 156 valence electrons. The average molecular weight is 407 g/mol. The Kier molecular flexibility index (Phi) is 5.89. The normalized spacial score (nSPS) is 14.1. The number of nitrogen functional groups attached to an aromatic ring is 1. The van der Waals surface area contributed by atoms with Gasteiger partial charge in [-0.2, -0.15) is 5.10 Å². The van der Waals surface area contributed by atoms with E-state index in [1.54, 1.807) is 6.20 Å². The van der Waals surface area contributed by atoms with Gasteiger partial charge in [-0.25, -0.2) is 14.6 Å². The van der Waals surface area contributed by atoms with E-state index in [2.05, 4.69) is 20.0 Å². The summed E-state index contributed by atoms with van der Waals surface area (Å²) < 4.78 is 7.25. The van der Waals surface area contributed by atoms with Gasteiger partial charge in [0.25, 0.3) is 5.91 Å². The van der Waals surface area contributed by atoms with Crippen LogP contribution in [-0.2, 0) is 0 Å². The van der Waals surface area contributed by atoms with Crippen molar-refractivity contribution in [3.05, 3.63) is 48.4 Å². The quantitative estimate of drug-likeness (QED) is 0.546. The minimum Gasteiger partial charge on any atom is -0.494 e. The minimum absolute atomic E-state index is 0.204. The molecule has 1 aromatic carbocycles. The standard InChI is InChI=1S/C21H25N7O2/c22-19-21(28-14-16(12-25-28)20(23)29)26-18(13-24-19)15-4-6-17(7-5-15)30-11-3-10-27-8-1-2-9-27/h4-7,12-14H,1-3,8-11H2,(H2,22,24)(H2,23,29). The Morgan fingerprint density at radius 1 is 1.13 bits per heavy atom. The van der Waals surface area contributed by atoms with Crippen LogP contribution < -0.4 is 16.2 Å². The van der Waals surface area contributed by atoms with Crippen LogP contribution in [0.4, 0.5) is 5.82 Å². The second-order valence-corrected chi connectivity index (χ2v) is 7.28. The Morgan fingerprint density at radius 3 is 2.60 bits per heavy atom. The third-order valence-electron chi connectivity index (χ3n) is 5.10. The summed E-state index contributed by atoms with van der Waals surface area (Å²) >= 11 is 0. The van der Waals surface area contributed by atoms with Crippen molar-refractivity contribution in [1.82, 2.24) is 24.6 Å². The lowest BCUT2D eigenvalue weighted by Gasteiger charge is -2.14. The summed E-state index contributed by atoms with van der Waals surface area (Å²) in [5, 5.41) is 4.10. The highest BCUT2D eigenvalue weighted by molar-refractivity contribution is 5.92. The zero-order chi connectivity index (χ0) is 20.9. The van der Waals surface area contributed by atoms with Gasteiger partial charge in [0.05, 0.1) is 30.3 Å². The van der Waals surface area contributed by atoms with Gasteiger partial charge in [-0.15, -0.1) is 0 Å². The van der Waals surface area contributed by atoms with Crippen molar-refractivity contribution in [2.75, 3.05) is 32.0 Å². The maximum Gasteiger partial charge on any atom is 0.251 e. The van der Waals surface area contributed by atoms with Gasteiger partial charge in [0.2, 0.25) is 0 Å². The number of benzene rings is 1. The number of aromatic nitrogens is 4. The van der Waals surface area contributed by atoms with E-state index < -0.39 is 5.91 Å². The minimum atomic E-state index is -0.569. The van der Waals surface area contributed by atoms with Gasteiger partial charge in [-0.05, 0) is 56.6 Å². The molecular formula is C21H25N7O2. The number of rotatable bonds is 8. The first-order valence-corrected chi connectivity index (χ1v) is 10.0. The summed E-state index contributed by atoms with van der Waals surface area (Å²) in [4.78, 5) is 22.5. The van der Waals surface area contributed by atoms with Gasteiger partial charge in [-0.3, -0.25) is 4.79 Å². The molecule has 0 saturated carbocycles. The van der Waals surface area contributed by atoms with Gasteiger partial charge in [0, 0.05) is 18.3 Å². The molecule has 1 aliphatic rings. The number of ether oxygens (including phenoxy) is 1. The molecule has 1 amide bonds. The smallest absolute Gasteiger partial charge is 0.251 e. The molecule has 3 heterocycles. The molecule has 0 radical (unpaired) electrons. The van der Waals surface area contributed by atoms with E-state index >= 15 is 0 Å². The fraction of sp³-hybridized carbons (Fsp3) is 0.333. The summed E-state index contributed by atoms with van der Waals surface area (Å²) in [7, 11) is 0. The predicted molar refractivity (Wildman–Crippen MR) is 113 cm³/mol. The SMILES string of the molecule is NC(=O)c1cnn(-c2nc(-c3ccc(OCCCN4CCCC4)cc3)cnc2N)c1. The second-order valence-electron chi connectivity index (χ2n) is 7.28. The molecule has 9 nitrogen and oxygen atoms in total. The van der Waals surface area contributed by atoms with E-state index in [-0.39, 0.29) is 11.4 Å². The number of hydrogen-bond donors (Lipinski definition) is 2. The van der Waals surface area contributed by atoms with Gasteiger partial charge >= 0.3 is 0 Å². The Morgan fingerprint density at radius 2 is 1.90 bits per heavy atom. The van der Waals surface area contributed by atoms with Crippen LogP contribution >= 0.6 is 0 Å². The summed E-state index contributed by atoms with van der Waals surface area (Å²) in [5.74, 6) is 0.792. The van der Waals surface area contributed by atoms with Crippen LogP contribution in [0.15, 0.2) is 42.9 Å². The number of nitrogens with zero attached hydrogens (tertiary/aromatic N) is 5. The van der Waals surface area contributed by atoms with Gasteiger partial charge in [-0.1, -0.05) is 0 Å². The molecule has 4 N–H and O–H groups in total. The number of anilines is 1. The Hall–Kier alpha value is -3.46. The molecule has 0 spiro atoms. The fourth-order valence-corrected chi connectivity index (χ4v) is 3.47. The van der Waals surface area contributed by atoms with Crippen molar-refractivity contribution in [3.8, 4) is 22.8 Å². The molecule has 1 saturated heterocycles. The number of nitrogens with two attached hydrogens (primary N) is 2. The number of carbonyl (C=O) groups excluding carboxylic acids is 1. The van der Waals surface area contributed by atoms with Gasteiger partial charge in [0.1, 0.15) is 5.75 Å². The van der Waals surface area contributed by atoms with Crippen molar-refractivity contribution >= 4 is 11.7 Å². The van der Waals surface area contributed by atoms with Crippen molar-refractivity contribution in [1.29, 1.82) is 0 Å². The Balaban J connectivity index is 1.41. The summed E-state index contributed by atoms with van der Waals surface area (Å²) in [6, 6.07) is 7.69. The number of hydrogen-bond acceptors (Lipinski definition) is 7. The fourth-order valence-electron chi connectivity index (χ4n) is 3.47. The lowest BCUT2D eigenvalue weighted by molar-refractivity contribution is 0.100. The molecule has 9 heteroatoms. The molecule has 0 unspecified atom stereocenters. The first kappa shape index (κ1) is 19.8. The summed E-state index contributed by atoms with van der Waals surface area (Å²) in [6.07, 6.45) is 8.09. The highest BCUT2D eigenvalue weighted by Crippen LogP contribution is 2.23. The van der Waals surface area contributed by atoms with Crippen molar-refractivity contribution in [3.63, 3.8) is 0 Å². The number of likely N-dealkylation sites (tertiary alicyclic amines) is 1. The first-order valence-electron chi connectivity index (χ1n) is 10.0. The van der Waals surface area contributed by atoms with Crippen LogP contribution in [0.25, 0.3) is 17.1 Å². The van der Waals surface area contributed by atoms with Crippen LogP contribution in [0.2, 0.25) is 0 Å². The lowest BCUT2D eigenvalue weighted by atomic mass is 10.1. The van der Waals surface area contributed by atoms with E-state index in [0.717, 1.165) is 24.3 Å². The monoisotopic (exact) mass is 407 g/mol. The van der Waals surface area contributed by atoms with Crippen molar-refractivity contribution in [2.45, 2.75) is 19.3 Å². The summed E-state index contributed by atoms with van der Waals surface area (Å²) in [5.41, 5.74) is 13.0. The predicted octanol–water partition coefficient (Wildman–Crippen LogP) is 1.88. The number of carbonyl (C=O) groups is 1. The molecule has 1 fully saturated rings. The Bertz CT molecular complexity index is 1010. The van der Waals surface area contributed by atoms with E-state index in [4.69, 9.17) is 16.2 Å². The molecule has 30 heavy (non-hydrogen) atoms. The zero-order valence-corrected chi connectivity index (χ0v) is 16.7. The Labute approximate surface area is 174 Å². The molecule has 4 rings (SSSR count). The number of primary amides is 1. The maximum absolute atomic E-state index is 11.3. The second kappa shape index (κ2) is 8.91. The third kappa shape index (κ3) is 4.57. The van der Waals surface area contributed by atoms with Crippen LogP contribution in [0, 0.1) is 0 Å². The van der Waals surface area contributed by atoms with Crippen molar-refractivity contribution in [2.24, 2.45) is 5.73 Å².